The highest BCUT2D eigenvalue weighted by molar-refractivity contribution is 7.91. The zero-order valence-corrected chi connectivity index (χ0v) is 22.1. The zero-order chi connectivity index (χ0) is 25.8. The Kier molecular flexibility index (Phi) is 7.79. The van der Waals surface area contributed by atoms with Crippen molar-refractivity contribution in [3.63, 3.8) is 0 Å². The number of fused-ring (bicyclic) bond motifs is 1. The molecule has 194 valence electrons. The number of sulfone groups is 1. The van der Waals surface area contributed by atoms with Crippen LogP contribution in [0.15, 0.2) is 59.7 Å². The van der Waals surface area contributed by atoms with Gasteiger partial charge in [0.25, 0.3) is 5.56 Å². The summed E-state index contributed by atoms with van der Waals surface area (Å²) < 4.78 is 30.6. The summed E-state index contributed by atoms with van der Waals surface area (Å²) in [5, 5.41) is 4.07. The quantitative estimate of drug-likeness (QED) is 0.458. The van der Waals surface area contributed by atoms with Crippen molar-refractivity contribution in [2.24, 2.45) is 5.92 Å². The van der Waals surface area contributed by atoms with Gasteiger partial charge < -0.3 is 10.1 Å². The van der Waals surface area contributed by atoms with Crippen LogP contribution in [0.4, 0.5) is 0 Å². The van der Waals surface area contributed by atoms with Crippen molar-refractivity contribution in [1.82, 2.24) is 14.9 Å². The SMILES string of the molecule is O=c1cc(OCc2ccc(Cl)cn2)ccn1C1=Cc2ccc(CNCC3CCS(=O)(=O)CC3)cc2CC1. The molecule has 1 fully saturated rings. The Morgan fingerprint density at radius 2 is 1.92 bits per heavy atom. The second kappa shape index (κ2) is 11.2. The van der Waals surface area contributed by atoms with Crippen molar-refractivity contribution in [2.75, 3.05) is 18.1 Å². The number of pyridine rings is 2. The van der Waals surface area contributed by atoms with Gasteiger partial charge in [-0.25, -0.2) is 8.42 Å². The maximum absolute atomic E-state index is 12.8. The van der Waals surface area contributed by atoms with Gasteiger partial charge in [0.15, 0.2) is 0 Å². The monoisotopic (exact) mass is 539 g/mol. The van der Waals surface area contributed by atoms with E-state index in [2.05, 4.69) is 34.6 Å². The maximum atomic E-state index is 12.8. The molecule has 37 heavy (non-hydrogen) atoms. The molecule has 1 aliphatic heterocycles. The molecule has 0 bridgehead atoms. The number of nitrogens with one attached hydrogen (secondary N) is 1. The predicted octanol–water partition coefficient (Wildman–Crippen LogP) is 4.33. The van der Waals surface area contributed by atoms with Crippen molar-refractivity contribution in [1.29, 1.82) is 0 Å². The lowest BCUT2D eigenvalue weighted by molar-refractivity contribution is 0.300. The Morgan fingerprint density at radius 1 is 1.08 bits per heavy atom. The molecule has 0 amide bonds. The minimum absolute atomic E-state index is 0.132. The van der Waals surface area contributed by atoms with Crippen LogP contribution in [0.1, 0.15) is 41.6 Å². The van der Waals surface area contributed by atoms with E-state index in [1.165, 1.54) is 17.2 Å². The molecule has 0 saturated carbocycles. The predicted molar refractivity (Wildman–Crippen MR) is 146 cm³/mol. The van der Waals surface area contributed by atoms with Crippen LogP contribution < -0.4 is 15.6 Å². The third-order valence-corrected chi connectivity index (χ3v) is 8.93. The Balaban J connectivity index is 1.18. The van der Waals surface area contributed by atoms with E-state index in [0.29, 0.717) is 28.2 Å². The number of nitrogens with zero attached hydrogens (tertiary/aromatic N) is 2. The van der Waals surface area contributed by atoms with Crippen LogP contribution in [-0.2, 0) is 29.4 Å². The second-order valence-corrected chi connectivity index (χ2v) is 12.5. The summed E-state index contributed by atoms with van der Waals surface area (Å²) in [6.07, 6.45) is 8.55. The summed E-state index contributed by atoms with van der Waals surface area (Å²) in [6.45, 7) is 1.87. The molecule has 1 aliphatic carbocycles. The van der Waals surface area contributed by atoms with E-state index in [1.54, 1.807) is 35.2 Å². The lowest BCUT2D eigenvalue weighted by Crippen LogP contribution is -2.30. The van der Waals surface area contributed by atoms with E-state index in [0.717, 1.165) is 55.7 Å². The van der Waals surface area contributed by atoms with Gasteiger partial charge in [-0.1, -0.05) is 29.8 Å². The highest BCUT2D eigenvalue weighted by atomic mass is 35.5. The Labute approximate surface area is 222 Å². The van der Waals surface area contributed by atoms with Gasteiger partial charge in [0.2, 0.25) is 0 Å². The number of aromatic nitrogens is 2. The maximum Gasteiger partial charge on any atom is 0.258 e. The molecule has 1 N–H and O–H groups in total. The summed E-state index contributed by atoms with van der Waals surface area (Å²) in [6, 6.07) is 13.3. The standard InChI is InChI=1S/C28H30ClN3O4S/c29-24-4-5-25(31-18-24)19-36-27-7-10-32(28(33)15-27)26-6-3-22-13-21(1-2-23(22)14-26)17-30-16-20-8-11-37(34,35)12-9-20/h1-2,4-5,7,10,13-15,18,20,30H,3,6,8-9,11-12,16-17,19H2. The molecule has 1 aromatic carbocycles. The number of hydrogen-bond donors (Lipinski definition) is 1. The van der Waals surface area contributed by atoms with Crippen molar-refractivity contribution >= 4 is 33.2 Å². The van der Waals surface area contributed by atoms with Crippen LogP contribution in [0.25, 0.3) is 11.8 Å². The van der Waals surface area contributed by atoms with E-state index in [9.17, 15) is 13.2 Å². The fourth-order valence-electron chi connectivity index (χ4n) is 4.83. The molecule has 3 heterocycles. The Morgan fingerprint density at radius 3 is 2.68 bits per heavy atom. The Bertz CT molecular complexity index is 1450. The van der Waals surface area contributed by atoms with E-state index in [-0.39, 0.29) is 12.2 Å². The molecule has 9 heteroatoms. The third-order valence-electron chi connectivity index (χ3n) is 6.99. The molecule has 1 saturated heterocycles. The molecule has 2 aromatic heterocycles. The lowest BCUT2D eigenvalue weighted by Gasteiger charge is -2.22. The van der Waals surface area contributed by atoms with Crippen LogP contribution in [0, 0.1) is 5.92 Å². The zero-order valence-electron chi connectivity index (χ0n) is 20.5. The fraction of sp³-hybridized carbons (Fsp3) is 0.357. The first kappa shape index (κ1) is 25.7. The molecule has 0 unspecified atom stereocenters. The number of benzene rings is 1. The number of allylic oxidation sites excluding steroid dienone is 1. The largest absolute Gasteiger partial charge is 0.487 e. The fourth-order valence-corrected chi connectivity index (χ4v) is 6.53. The van der Waals surface area contributed by atoms with Crippen molar-refractivity contribution in [2.45, 2.75) is 38.8 Å². The van der Waals surface area contributed by atoms with Crippen LogP contribution >= 0.6 is 11.6 Å². The van der Waals surface area contributed by atoms with Crippen LogP contribution in [0.3, 0.4) is 0 Å². The van der Waals surface area contributed by atoms with Crippen molar-refractivity contribution in [3.05, 3.63) is 92.6 Å². The minimum Gasteiger partial charge on any atom is -0.487 e. The molecule has 2 aliphatic rings. The van der Waals surface area contributed by atoms with Gasteiger partial charge in [-0.05, 0) is 79.1 Å². The molecule has 0 radical (unpaired) electrons. The van der Waals surface area contributed by atoms with Gasteiger partial charge in [-0.15, -0.1) is 0 Å². The molecule has 3 aromatic rings. The van der Waals surface area contributed by atoms with E-state index in [1.807, 2.05) is 0 Å². The van der Waals surface area contributed by atoms with E-state index in [4.69, 9.17) is 16.3 Å². The molecular weight excluding hydrogens is 510 g/mol. The topological polar surface area (TPSA) is 90.3 Å². The lowest BCUT2D eigenvalue weighted by atomic mass is 9.93. The van der Waals surface area contributed by atoms with Crippen molar-refractivity contribution in [3.8, 4) is 5.75 Å². The first-order valence-corrected chi connectivity index (χ1v) is 14.7. The molecular formula is C28H30ClN3O4S. The van der Waals surface area contributed by atoms with Gasteiger partial charge in [0, 0.05) is 30.7 Å². The summed E-state index contributed by atoms with van der Waals surface area (Å²) in [5.74, 6) is 1.55. The van der Waals surface area contributed by atoms with Crippen LogP contribution in [0.2, 0.25) is 5.02 Å². The molecule has 0 atom stereocenters. The van der Waals surface area contributed by atoms with Crippen LogP contribution in [-0.4, -0.2) is 36.0 Å². The minimum atomic E-state index is -2.81. The van der Waals surface area contributed by atoms with Gasteiger partial charge in [0.05, 0.1) is 22.2 Å². The summed E-state index contributed by atoms with van der Waals surface area (Å²) in [5.41, 5.74) is 5.18. The summed E-state index contributed by atoms with van der Waals surface area (Å²) in [4.78, 5) is 17.0. The normalized spacial score (nSPS) is 17.2. The van der Waals surface area contributed by atoms with Gasteiger partial charge >= 0.3 is 0 Å². The number of hydrogen-bond acceptors (Lipinski definition) is 6. The highest BCUT2D eigenvalue weighted by Gasteiger charge is 2.23. The summed E-state index contributed by atoms with van der Waals surface area (Å²) in [7, 11) is -2.81. The van der Waals surface area contributed by atoms with Gasteiger partial charge in [0.1, 0.15) is 22.2 Å². The number of aryl methyl sites for hydroxylation is 1. The molecule has 7 nitrogen and oxygen atoms in total. The number of halogens is 1. The highest BCUT2D eigenvalue weighted by Crippen LogP contribution is 2.27. The van der Waals surface area contributed by atoms with Gasteiger partial charge in [-0.2, -0.15) is 0 Å². The van der Waals surface area contributed by atoms with Gasteiger partial charge in [-0.3, -0.25) is 14.3 Å². The first-order chi connectivity index (χ1) is 17.8. The second-order valence-electron chi connectivity index (χ2n) is 9.72. The third kappa shape index (κ3) is 6.69. The molecule has 0 spiro atoms. The van der Waals surface area contributed by atoms with Crippen molar-refractivity contribution < 1.29 is 13.2 Å². The number of rotatable bonds is 8. The number of ether oxygens (including phenoxy) is 1. The smallest absolute Gasteiger partial charge is 0.258 e. The van der Waals surface area contributed by atoms with Crippen LogP contribution in [0.5, 0.6) is 5.75 Å². The summed E-state index contributed by atoms with van der Waals surface area (Å²) >= 11 is 5.86. The average Bonchev–Trinajstić information content (AvgIpc) is 2.89. The Hall–Kier alpha value is -2.94. The van der Waals surface area contributed by atoms with E-state index >= 15 is 0 Å². The molecule has 5 rings (SSSR count). The first-order valence-electron chi connectivity index (χ1n) is 12.5. The average molecular weight is 540 g/mol. The van der Waals surface area contributed by atoms with E-state index < -0.39 is 9.84 Å².